The Hall–Kier alpha value is -2.54. The summed E-state index contributed by atoms with van der Waals surface area (Å²) in [6.45, 7) is 5.30. The number of hydrogen-bond acceptors (Lipinski definition) is 7. The van der Waals surface area contributed by atoms with Gasteiger partial charge in [0.25, 0.3) is 0 Å². The maximum absolute atomic E-state index is 13.6. The van der Waals surface area contributed by atoms with Crippen molar-refractivity contribution in [1.82, 2.24) is 9.88 Å². The number of alkyl halides is 3. The molecule has 10 heteroatoms. The summed E-state index contributed by atoms with van der Waals surface area (Å²) in [6, 6.07) is 2.77. The topological polar surface area (TPSA) is 72.7 Å². The molecule has 156 valence electrons. The van der Waals surface area contributed by atoms with Gasteiger partial charge in [0.15, 0.2) is 0 Å². The molecule has 0 radical (unpaired) electrons. The number of aromatic nitrogens is 1. The third-order valence-corrected chi connectivity index (χ3v) is 6.07. The zero-order valence-electron chi connectivity index (χ0n) is 16.3. The van der Waals surface area contributed by atoms with Crippen LogP contribution >= 0.6 is 0 Å². The number of methoxy groups -OCH3 is 1. The monoisotopic (exact) mass is 409 g/mol. The van der Waals surface area contributed by atoms with Crippen LogP contribution in [-0.4, -0.2) is 68.3 Å². The molecule has 0 N–H and O–H groups in total. The molecule has 0 bridgehead atoms. The molecule has 1 atom stereocenters. The fourth-order valence-corrected chi connectivity index (χ4v) is 4.44. The van der Waals surface area contributed by atoms with E-state index in [2.05, 4.69) is 9.72 Å². The van der Waals surface area contributed by atoms with Crippen LogP contribution in [0.25, 0.3) is 0 Å². The Morgan fingerprint density at radius 2 is 2.07 bits per heavy atom. The van der Waals surface area contributed by atoms with Gasteiger partial charge >= 0.3 is 12.1 Å². The first-order chi connectivity index (χ1) is 13.7. The van der Waals surface area contributed by atoms with E-state index in [0.717, 1.165) is 12.5 Å². The summed E-state index contributed by atoms with van der Waals surface area (Å²) >= 11 is 0. The number of rotatable bonds is 4. The molecule has 1 spiro atoms. The predicted molar refractivity (Wildman–Crippen MR) is 98.5 cm³/mol. The first-order valence-electron chi connectivity index (χ1n) is 9.49. The molecular weight excluding hydrogens is 387 g/mol. The minimum Gasteiger partial charge on any atom is -0.468 e. The van der Waals surface area contributed by atoms with Gasteiger partial charge in [0, 0.05) is 44.2 Å². The molecule has 29 heavy (non-hydrogen) atoms. The molecule has 0 aromatic carbocycles. The van der Waals surface area contributed by atoms with Gasteiger partial charge in [-0.15, -0.1) is 0 Å². The average molecular weight is 409 g/mol. The summed E-state index contributed by atoms with van der Waals surface area (Å²) in [5.41, 5.74) is -1.36. The number of hydrogen-bond donors (Lipinski definition) is 0. The van der Waals surface area contributed by atoms with E-state index in [9.17, 15) is 23.2 Å². The molecule has 3 aliphatic heterocycles. The second-order valence-electron chi connectivity index (χ2n) is 8.24. The number of anilines is 2. The van der Waals surface area contributed by atoms with Crippen LogP contribution < -0.4 is 9.80 Å². The highest BCUT2D eigenvalue weighted by atomic mass is 19.4. The lowest BCUT2D eigenvalue weighted by atomic mass is 9.73. The summed E-state index contributed by atoms with van der Waals surface area (Å²) in [6.07, 6.45) is -3.76. The summed E-state index contributed by atoms with van der Waals surface area (Å²) in [4.78, 5) is 21.3. The van der Waals surface area contributed by atoms with Crippen molar-refractivity contribution in [3.8, 4) is 6.07 Å². The SMILES string of the molecule is COC(=O)CN1CC2(C1)CN(c1cc(C(F)(F)F)c(C#N)c(N3CC[C@@H]3C)n1)C2. The van der Waals surface area contributed by atoms with Crippen LogP contribution in [0, 0.1) is 16.7 Å². The Balaban J connectivity index is 1.54. The molecule has 1 aromatic rings. The summed E-state index contributed by atoms with van der Waals surface area (Å²) in [5.74, 6) is 0.0772. The molecule has 0 saturated carbocycles. The smallest absolute Gasteiger partial charge is 0.417 e. The zero-order chi connectivity index (χ0) is 21.0. The van der Waals surface area contributed by atoms with Crippen LogP contribution in [0.15, 0.2) is 6.07 Å². The van der Waals surface area contributed by atoms with Crippen molar-refractivity contribution >= 4 is 17.6 Å². The number of ether oxygens (including phenoxy) is 1. The molecule has 1 aromatic heterocycles. The Morgan fingerprint density at radius 3 is 2.55 bits per heavy atom. The normalized spacial score (nSPS) is 23.1. The van der Waals surface area contributed by atoms with Crippen molar-refractivity contribution in [2.75, 3.05) is 56.2 Å². The van der Waals surface area contributed by atoms with E-state index in [0.29, 0.717) is 32.7 Å². The van der Waals surface area contributed by atoms with Crippen molar-refractivity contribution < 1.29 is 22.7 Å². The maximum Gasteiger partial charge on any atom is 0.417 e. The van der Waals surface area contributed by atoms with E-state index in [-0.39, 0.29) is 35.6 Å². The molecular formula is C19H22F3N5O2. The van der Waals surface area contributed by atoms with Crippen LogP contribution in [0.2, 0.25) is 0 Å². The van der Waals surface area contributed by atoms with Gasteiger partial charge in [-0.3, -0.25) is 9.69 Å². The first kappa shape index (κ1) is 19.8. The quantitative estimate of drug-likeness (QED) is 0.703. The Bertz CT molecular complexity index is 868. The standard InChI is InChI=1S/C19H22F3N5O2/c1-12-3-4-27(12)17-13(6-23)14(19(20,21)22)5-15(24-17)26-10-18(11-26)8-25(9-18)7-16(28)29-2/h5,12H,3-4,7-11H2,1-2H3/t12-/m0/s1. The van der Waals surface area contributed by atoms with Gasteiger partial charge in [-0.2, -0.15) is 18.4 Å². The van der Waals surface area contributed by atoms with Gasteiger partial charge in [-0.05, 0) is 19.4 Å². The fraction of sp³-hybridized carbons (Fsp3) is 0.632. The molecule has 0 unspecified atom stereocenters. The Kier molecular flexibility index (Phi) is 4.61. The lowest BCUT2D eigenvalue weighted by Gasteiger charge is -2.60. The van der Waals surface area contributed by atoms with Crippen LogP contribution in [-0.2, 0) is 15.7 Å². The number of halogens is 3. The van der Waals surface area contributed by atoms with Crippen molar-refractivity contribution in [2.24, 2.45) is 5.41 Å². The van der Waals surface area contributed by atoms with E-state index < -0.39 is 17.3 Å². The van der Waals surface area contributed by atoms with Crippen LogP contribution in [0.3, 0.4) is 0 Å². The van der Waals surface area contributed by atoms with Crippen molar-refractivity contribution in [3.63, 3.8) is 0 Å². The lowest BCUT2D eigenvalue weighted by Crippen LogP contribution is -2.72. The zero-order valence-corrected chi connectivity index (χ0v) is 16.3. The Labute approximate surface area is 166 Å². The first-order valence-corrected chi connectivity index (χ1v) is 9.49. The van der Waals surface area contributed by atoms with Crippen LogP contribution in [0.1, 0.15) is 24.5 Å². The van der Waals surface area contributed by atoms with Gasteiger partial charge in [-0.25, -0.2) is 4.98 Å². The number of nitriles is 1. The van der Waals surface area contributed by atoms with Crippen molar-refractivity contribution in [3.05, 3.63) is 17.2 Å². The number of pyridine rings is 1. The molecule has 4 rings (SSSR count). The number of carbonyl (C=O) groups excluding carboxylic acids is 1. The molecule has 7 nitrogen and oxygen atoms in total. The number of carbonyl (C=O) groups is 1. The molecule has 3 aliphatic rings. The highest BCUT2D eigenvalue weighted by molar-refractivity contribution is 5.71. The third-order valence-electron chi connectivity index (χ3n) is 6.07. The fourth-order valence-electron chi connectivity index (χ4n) is 4.44. The summed E-state index contributed by atoms with van der Waals surface area (Å²) < 4.78 is 45.6. The summed E-state index contributed by atoms with van der Waals surface area (Å²) in [7, 11) is 1.34. The summed E-state index contributed by atoms with van der Waals surface area (Å²) in [5, 5.41) is 9.40. The van der Waals surface area contributed by atoms with Crippen LogP contribution in [0.5, 0.6) is 0 Å². The van der Waals surface area contributed by atoms with Gasteiger partial charge < -0.3 is 14.5 Å². The Morgan fingerprint density at radius 1 is 1.38 bits per heavy atom. The van der Waals surface area contributed by atoms with E-state index >= 15 is 0 Å². The van der Waals surface area contributed by atoms with E-state index in [4.69, 9.17) is 0 Å². The number of likely N-dealkylation sites (tertiary alicyclic amines) is 1. The molecule has 0 aliphatic carbocycles. The highest BCUT2D eigenvalue weighted by Crippen LogP contribution is 2.44. The largest absolute Gasteiger partial charge is 0.468 e. The predicted octanol–water partition coefficient (Wildman–Crippen LogP) is 1.87. The molecule has 0 amide bonds. The van der Waals surface area contributed by atoms with E-state index in [1.165, 1.54) is 7.11 Å². The maximum atomic E-state index is 13.6. The van der Waals surface area contributed by atoms with Crippen molar-refractivity contribution in [1.29, 1.82) is 5.26 Å². The second-order valence-corrected chi connectivity index (χ2v) is 8.24. The van der Waals surface area contributed by atoms with Crippen molar-refractivity contribution in [2.45, 2.75) is 25.6 Å². The third kappa shape index (κ3) is 3.37. The van der Waals surface area contributed by atoms with Gasteiger partial charge in [0.05, 0.1) is 19.2 Å². The average Bonchev–Trinajstić information content (AvgIpc) is 2.59. The van der Waals surface area contributed by atoms with Crippen LogP contribution in [0.4, 0.5) is 24.8 Å². The molecule has 3 fully saturated rings. The molecule has 4 heterocycles. The molecule has 3 saturated heterocycles. The van der Waals surface area contributed by atoms with Gasteiger partial charge in [0.2, 0.25) is 0 Å². The number of esters is 1. The second kappa shape index (κ2) is 6.76. The lowest BCUT2D eigenvalue weighted by molar-refractivity contribution is -0.146. The number of nitrogens with zero attached hydrogens (tertiary/aromatic N) is 5. The van der Waals surface area contributed by atoms with Gasteiger partial charge in [-0.1, -0.05) is 0 Å². The minimum atomic E-state index is -4.62. The van der Waals surface area contributed by atoms with E-state index in [1.54, 1.807) is 11.0 Å². The van der Waals surface area contributed by atoms with E-state index in [1.807, 2.05) is 16.7 Å². The van der Waals surface area contributed by atoms with Gasteiger partial charge in [0.1, 0.15) is 23.3 Å². The highest BCUT2D eigenvalue weighted by Gasteiger charge is 2.53. The minimum absolute atomic E-state index is 0.0216.